The molecule has 1 atom stereocenters. The molecule has 3 rings (SSSR count). The van der Waals surface area contributed by atoms with Crippen LogP contribution in [0.5, 0.6) is 0 Å². The van der Waals surface area contributed by atoms with Crippen molar-refractivity contribution in [2.75, 3.05) is 26.7 Å². The average molecular weight is 333 g/mol. The highest BCUT2D eigenvalue weighted by Crippen LogP contribution is 2.21. The lowest BCUT2D eigenvalue weighted by atomic mass is 10.0. The molecule has 7 nitrogen and oxygen atoms in total. The summed E-state index contributed by atoms with van der Waals surface area (Å²) < 4.78 is 1.75. The fraction of sp³-hybridized carbons (Fsp3) is 0.706. The standard InChI is InChI=1S/C17H27N5O2/c1-12(2)22-14(4-8-18-22)16(23)19-13-5-10-21(11-6-13)15-7-9-20(3)17(15)24/h4,8,12-13,15H,5-7,9-11H2,1-3H3,(H,19,23)/t15-/m0/s1. The SMILES string of the molecule is CC(C)n1nccc1C(=O)NC1CCN([C@H]2CCN(C)C2=O)CC1. The third-order valence-electron chi connectivity index (χ3n) is 5.10. The molecule has 0 aromatic carbocycles. The molecule has 2 fully saturated rings. The van der Waals surface area contributed by atoms with Gasteiger partial charge in [-0.25, -0.2) is 0 Å². The topological polar surface area (TPSA) is 70.5 Å². The molecule has 3 heterocycles. The number of carbonyl (C=O) groups excluding carboxylic acids is 2. The van der Waals surface area contributed by atoms with Gasteiger partial charge in [-0.2, -0.15) is 5.10 Å². The highest BCUT2D eigenvalue weighted by atomic mass is 16.2. The van der Waals surface area contributed by atoms with Crippen LogP contribution in [0.4, 0.5) is 0 Å². The maximum atomic E-state index is 12.5. The van der Waals surface area contributed by atoms with E-state index in [1.54, 1.807) is 16.9 Å². The molecule has 2 aliphatic heterocycles. The van der Waals surface area contributed by atoms with Crippen LogP contribution in [0.25, 0.3) is 0 Å². The van der Waals surface area contributed by atoms with Crippen LogP contribution in [0.2, 0.25) is 0 Å². The zero-order chi connectivity index (χ0) is 17.3. The molecule has 0 spiro atoms. The summed E-state index contributed by atoms with van der Waals surface area (Å²) >= 11 is 0. The smallest absolute Gasteiger partial charge is 0.269 e. The van der Waals surface area contributed by atoms with Gasteiger partial charge in [-0.3, -0.25) is 19.2 Å². The molecule has 0 aliphatic carbocycles. The summed E-state index contributed by atoms with van der Waals surface area (Å²) in [6, 6.07) is 2.12. The summed E-state index contributed by atoms with van der Waals surface area (Å²) in [5.74, 6) is 0.176. The van der Waals surface area contributed by atoms with Gasteiger partial charge in [0.2, 0.25) is 5.91 Å². The van der Waals surface area contributed by atoms with Gasteiger partial charge in [0.25, 0.3) is 5.91 Å². The number of rotatable bonds is 4. The molecule has 132 valence electrons. The quantitative estimate of drug-likeness (QED) is 0.888. The van der Waals surface area contributed by atoms with Crippen molar-refractivity contribution in [1.29, 1.82) is 0 Å². The van der Waals surface area contributed by atoms with Gasteiger partial charge in [-0.1, -0.05) is 0 Å². The fourth-order valence-electron chi connectivity index (χ4n) is 3.66. The molecule has 1 aromatic rings. The summed E-state index contributed by atoms with van der Waals surface area (Å²) in [4.78, 5) is 28.7. The summed E-state index contributed by atoms with van der Waals surface area (Å²) in [5.41, 5.74) is 0.611. The fourth-order valence-corrected chi connectivity index (χ4v) is 3.66. The van der Waals surface area contributed by atoms with Crippen molar-refractivity contribution in [3.8, 4) is 0 Å². The summed E-state index contributed by atoms with van der Waals surface area (Å²) in [6.07, 6.45) is 4.35. The Hall–Kier alpha value is -1.89. The lowest BCUT2D eigenvalue weighted by Gasteiger charge is -2.35. The minimum Gasteiger partial charge on any atom is -0.348 e. The van der Waals surface area contributed by atoms with Gasteiger partial charge in [0.1, 0.15) is 5.69 Å². The van der Waals surface area contributed by atoms with E-state index in [1.807, 2.05) is 25.8 Å². The van der Waals surface area contributed by atoms with Crippen molar-refractivity contribution in [2.45, 2.75) is 51.2 Å². The molecule has 7 heteroatoms. The molecule has 2 amide bonds. The minimum absolute atomic E-state index is 0.0361. The van der Waals surface area contributed by atoms with E-state index in [4.69, 9.17) is 0 Å². The van der Waals surface area contributed by atoms with Crippen LogP contribution < -0.4 is 5.32 Å². The second kappa shape index (κ2) is 6.93. The third kappa shape index (κ3) is 3.31. The molecular weight excluding hydrogens is 306 g/mol. The Balaban J connectivity index is 1.53. The van der Waals surface area contributed by atoms with Crippen LogP contribution in [0.15, 0.2) is 12.3 Å². The third-order valence-corrected chi connectivity index (χ3v) is 5.10. The summed E-state index contributed by atoms with van der Waals surface area (Å²) in [6.45, 7) is 6.59. The number of piperidine rings is 1. The van der Waals surface area contributed by atoms with Gasteiger partial charge < -0.3 is 10.2 Å². The first-order valence-electron chi connectivity index (χ1n) is 8.80. The van der Waals surface area contributed by atoms with Crippen LogP contribution in [-0.2, 0) is 4.79 Å². The minimum atomic E-state index is -0.0590. The number of nitrogens with one attached hydrogen (secondary N) is 1. The van der Waals surface area contributed by atoms with Crippen molar-refractivity contribution >= 4 is 11.8 Å². The lowest BCUT2D eigenvalue weighted by Crippen LogP contribution is -2.50. The molecule has 2 saturated heterocycles. The van der Waals surface area contributed by atoms with Gasteiger partial charge in [0.15, 0.2) is 0 Å². The van der Waals surface area contributed by atoms with Gasteiger partial charge in [0.05, 0.1) is 6.04 Å². The molecule has 24 heavy (non-hydrogen) atoms. The van der Waals surface area contributed by atoms with Crippen LogP contribution in [0, 0.1) is 0 Å². The number of amides is 2. The van der Waals surface area contributed by atoms with E-state index >= 15 is 0 Å². The number of hydrogen-bond acceptors (Lipinski definition) is 4. The molecule has 0 bridgehead atoms. The van der Waals surface area contributed by atoms with Gasteiger partial charge in [-0.05, 0) is 39.2 Å². The Kier molecular flexibility index (Phi) is 4.89. The zero-order valence-electron chi connectivity index (χ0n) is 14.7. The number of aromatic nitrogens is 2. The van der Waals surface area contributed by atoms with E-state index in [1.165, 1.54) is 0 Å². The average Bonchev–Trinajstić information content (AvgIpc) is 3.17. The Morgan fingerprint density at radius 2 is 1.96 bits per heavy atom. The Morgan fingerprint density at radius 3 is 2.54 bits per heavy atom. The van der Waals surface area contributed by atoms with Crippen LogP contribution in [0.3, 0.4) is 0 Å². The van der Waals surface area contributed by atoms with Gasteiger partial charge >= 0.3 is 0 Å². The summed E-state index contributed by atoms with van der Waals surface area (Å²) in [7, 11) is 1.87. The predicted octanol–water partition coefficient (Wildman–Crippen LogP) is 0.889. The van der Waals surface area contributed by atoms with Crippen molar-refractivity contribution in [1.82, 2.24) is 24.9 Å². The molecule has 0 unspecified atom stereocenters. The Morgan fingerprint density at radius 1 is 1.25 bits per heavy atom. The van der Waals surface area contributed by atoms with Gasteiger partial charge in [0, 0.05) is 45.0 Å². The van der Waals surface area contributed by atoms with Crippen molar-refractivity contribution in [3.63, 3.8) is 0 Å². The second-order valence-electron chi connectivity index (χ2n) is 7.10. The number of likely N-dealkylation sites (tertiary alicyclic amines) is 2. The number of hydrogen-bond donors (Lipinski definition) is 1. The van der Waals surface area contributed by atoms with Crippen LogP contribution in [0.1, 0.15) is 49.6 Å². The number of likely N-dealkylation sites (N-methyl/N-ethyl adjacent to an activating group) is 1. The van der Waals surface area contributed by atoms with Crippen molar-refractivity contribution in [2.24, 2.45) is 0 Å². The largest absolute Gasteiger partial charge is 0.348 e. The highest BCUT2D eigenvalue weighted by Gasteiger charge is 2.36. The molecule has 1 N–H and O–H groups in total. The van der Waals surface area contributed by atoms with E-state index in [2.05, 4.69) is 15.3 Å². The second-order valence-corrected chi connectivity index (χ2v) is 7.10. The first-order chi connectivity index (χ1) is 11.5. The predicted molar refractivity (Wildman–Crippen MR) is 90.7 cm³/mol. The maximum absolute atomic E-state index is 12.5. The van der Waals surface area contributed by atoms with Gasteiger partial charge in [-0.15, -0.1) is 0 Å². The monoisotopic (exact) mass is 333 g/mol. The van der Waals surface area contributed by atoms with Crippen molar-refractivity contribution in [3.05, 3.63) is 18.0 Å². The van der Waals surface area contributed by atoms with E-state index in [9.17, 15) is 9.59 Å². The molecule has 1 aromatic heterocycles. The Bertz CT molecular complexity index is 604. The normalized spacial score (nSPS) is 23.2. The zero-order valence-corrected chi connectivity index (χ0v) is 14.7. The summed E-state index contributed by atoms with van der Waals surface area (Å²) in [5, 5.41) is 7.34. The van der Waals surface area contributed by atoms with E-state index in [0.717, 1.165) is 38.9 Å². The molecule has 0 radical (unpaired) electrons. The number of nitrogens with zero attached hydrogens (tertiary/aromatic N) is 4. The van der Waals surface area contributed by atoms with E-state index in [0.29, 0.717) is 5.69 Å². The first kappa shape index (κ1) is 17.0. The lowest BCUT2D eigenvalue weighted by molar-refractivity contribution is -0.131. The molecule has 2 aliphatic rings. The highest BCUT2D eigenvalue weighted by molar-refractivity contribution is 5.92. The molecule has 0 saturated carbocycles. The Labute approximate surface area is 143 Å². The van der Waals surface area contributed by atoms with Crippen molar-refractivity contribution < 1.29 is 9.59 Å². The van der Waals surface area contributed by atoms with Crippen LogP contribution >= 0.6 is 0 Å². The number of carbonyl (C=O) groups is 2. The van der Waals surface area contributed by atoms with E-state index in [-0.39, 0.29) is 29.9 Å². The first-order valence-corrected chi connectivity index (χ1v) is 8.80. The maximum Gasteiger partial charge on any atom is 0.269 e. The molecular formula is C17H27N5O2. The van der Waals surface area contributed by atoms with E-state index < -0.39 is 0 Å². The van der Waals surface area contributed by atoms with Crippen LogP contribution in [-0.4, -0.2) is 70.2 Å².